The van der Waals surface area contributed by atoms with E-state index in [-0.39, 0.29) is 13.0 Å². The Balaban J connectivity index is 1.85. The number of hydrogen-bond acceptors (Lipinski definition) is 6. The van der Waals surface area contributed by atoms with E-state index in [0.717, 1.165) is 24.1 Å². The quantitative estimate of drug-likeness (QED) is 0.826. The zero-order valence-corrected chi connectivity index (χ0v) is 15.4. The van der Waals surface area contributed by atoms with Crippen LogP contribution in [0, 0.1) is 0 Å². The van der Waals surface area contributed by atoms with Gasteiger partial charge in [-0.15, -0.1) is 0 Å². The summed E-state index contributed by atoms with van der Waals surface area (Å²) in [6.07, 6.45) is 0.732. The number of ether oxygens (including phenoxy) is 1. The fourth-order valence-electron chi connectivity index (χ4n) is 2.99. The van der Waals surface area contributed by atoms with E-state index < -0.39 is 32.8 Å². The molecule has 10 heteroatoms. The average molecular weight is 381 g/mol. The number of carbonyl (C=O) groups is 2. The largest absolute Gasteiger partial charge is 0.480 e. The molecule has 1 fully saturated rings. The van der Waals surface area contributed by atoms with Gasteiger partial charge in [0.25, 0.3) is 0 Å². The number of hydrogen-bond donors (Lipinski definition) is 1. The first kappa shape index (κ1) is 18.2. The van der Waals surface area contributed by atoms with Crippen molar-refractivity contribution in [3.05, 3.63) is 24.4 Å². The maximum atomic E-state index is 12.2. The summed E-state index contributed by atoms with van der Waals surface area (Å²) in [6, 6.07) is 5.33. The monoisotopic (exact) mass is 381 g/mol. The predicted molar refractivity (Wildman–Crippen MR) is 93.8 cm³/mol. The summed E-state index contributed by atoms with van der Waals surface area (Å²) >= 11 is 0. The van der Waals surface area contributed by atoms with Crippen molar-refractivity contribution in [2.75, 3.05) is 17.7 Å². The molecule has 1 amide bonds. The van der Waals surface area contributed by atoms with Crippen LogP contribution in [0.1, 0.15) is 13.3 Å². The van der Waals surface area contributed by atoms with Crippen molar-refractivity contribution in [2.24, 2.45) is 7.05 Å². The molecule has 3 rings (SSSR count). The van der Waals surface area contributed by atoms with Crippen LogP contribution in [0.15, 0.2) is 24.4 Å². The number of amides is 1. The molecule has 9 nitrogen and oxygen atoms in total. The minimum absolute atomic E-state index is 0.0724. The van der Waals surface area contributed by atoms with Crippen LogP contribution in [0.3, 0.4) is 0 Å². The van der Waals surface area contributed by atoms with Crippen LogP contribution in [0.5, 0.6) is 0 Å². The number of cyclic esters (lactones) is 1. The maximum Gasteiger partial charge on any atom is 0.414 e. The van der Waals surface area contributed by atoms with Crippen LogP contribution in [0.25, 0.3) is 10.9 Å². The molecule has 0 radical (unpaired) electrons. The van der Waals surface area contributed by atoms with E-state index in [1.54, 1.807) is 30.1 Å². The van der Waals surface area contributed by atoms with E-state index in [4.69, 9.17) is 4.74 Å². The molecule has 1 aliphatic heterocycles. The summed E-state index contributed by atoms with van der Waals surface area (Å²) in [6.45, 7) is 1.20. The second-order valence-corrected chi connectivity index (χ2v) is 9.09. The van der Waals surface area contributed by atoms with Gasteiger partial charge in [-0.2, -0.15) is 5.10 Å². The molecule has 0 saturated carbocycles. The zero-order chi connectivity index (χ0) is 19.3. The number of carboxylic acids is 1. The number of benzene rings is 1. The Labute approximate surface area is 150 Å². The number of carbonyl (C=O) groups excluding carboxylic acids is 1. The fraction of sp³-hybridized carbons (Fsp3) is 0.438. The van der Waals surface area contributed by atoms with Crippen molar-refractivity contribution < 1.29 is 27.9 Å². The molecular weight excluding hydrogens is 362 g/mol. The van der Waals surface area contributed by atoms with Crippen LogP contribution < -0.4 is 4.90 Å². The first-order valence-corrected chi connectivity index (χ1v) is 9.75. The Morgan fingerprint density at radius 2 is 2.15 bits per heavy atom. The van der Waals surface area contributed by atoms with Gasteiger partial charge in [-0.25, -0.2) is 13.2 Å². The number of aliphatic carboxylic acids is 1. The molecule has 2 aromatic rings. The van der Waals surface area contributed by atoms with Gasteiger partial charge in [0.2, 0.25) is 0 Å². The molecule has 1 saturated heterocycles. The summed E-state index contributed by atoms with van der Waals surface area (Å²) in [5.41, 5.74) is 1.47. The lowest BCUT2D eigenvalue weighted by atomic mass is 10.0. The van der Waals surface area contributed by atoms with Gasteiger partial charge in [0.15, 0.2) is 14.6 Å². The number of carboxylic acid groups (broad SMARTS) is 1. The zero-order valence-electron chi connectivity index (χ0n) is 14.5. The number of aryl methyl sites for hydroxylation is 1. The number of sulfone groups is 1. The third-order valence-corrected chi connectivity index (χ3v) is 6.78. The van der Waals surface area contributed by atoms with Crippen LogP contribution in [-0.2, 0) is 26.4 Å². The van der Waals surface area contributed by atoms with Crippen molar-refractivity contribution in [1.82, 2.24) is 9.78 Å². The highest BCUT2D eigenvalue weighted by Crippen LogP contribution is 2.31. The topological polar surface area (TPSA) is 119 Å². The van der Waals surface area contributed by atoms with E-state index >= 15 is 0 Å². The van der Waals surface area contributed by atoms with E-state index in [2.05, 4.69) is 5.10 Å². The normalized spacial score (nSPS) is 20.2. The van der Waals surface area contributed by atoms with Crippen LogP contribution in [0.2, 0.25) is 0 Å². The van der Waals surface area contributed by atoms with E-state index in [1.165, 1.54) is 4.90 Å². The molecule has 1 aromatic carbocycles. The van der Waals surface area contributed by atoms with Crippen LogP contribution >= 0.6 is 0 Å². The molecule has 1 unspecified atom stereocenters. The molecule has 26 heavy (non-hydrogen) atoms. The standard InChI is InChI=1S/C16H19N3O6S/c1-16(14(20)21,26(3,23)24)7-12-9-19(15(22)25-12)11-4-5-13-10(6-11)8-17-18(13)2/h4-6,8,12H,7,9H2,1-3H3,(H,20,21)/t12-,16?/m0/s1. The maximum absolute atomic E-state index is 12.2. The molecule has 0 spiro atoms. The van der Waals surface area contributed by atoms with E-state index in [0.29, 0.717) is 5.69 Å². The third kappa shape index (κ3) is 2.90. The molecule has 1 aliphatic rings. The minimum atomic E-state index is -3.90. The summed E-state index contributed by atoms with van der Waals surface area (Å²) in [7, 11) is -2.09. The molecule has 0 aliphatic carbocycles. The SMILES string of the molecule is Cn1ncc2cc(N3C[C@H](CC(C)(C(=O)O)S(C)(=O)=O)OC3=O)ccc21. The van der Waals surface area contributed by atoms with Gasteiger partial charge in [-0.1, -0.05) is 0 Å². The first-order valence-electron chi connectivity index (χ1n) is 7.86. The lowest BCUT2D eigenvalue weighted by Crippen LogP contribution is -2.46. The number of rotatable bonds is 5. The van der Waals surface area contributed by atoms with Gasteiger partial charge in [0, 0.05) is 30.8 Å². The van der Waals surface area contributed by atoms with Crippen molar-refractivity contribution >= 4 is 38.5 Å². The number of aromatic nitrogens is 2. The molecule has 1 aromatic heterocycles. The fourth-order valence-corrected chi connectivity index (χ4v) is 3.80. The van der Waals surface area contributed by atoms with E-state index in [9.17, 15) is 23.1 Å². The third-order valence-electron chi connectivity index (χ3n) is 4.80. The Hall–Kier alpha value is -2.62. The predicted octanol–water partition coefficient (Wildman–Crippen LogP) is 1.18. The molecule has 140 valence electrons. The second kappa shape index (κ2) is 5.97. The highest BCUT2D eigenvalue weighted by Gasteiger charge is 2.48. The van der Waals surface area contributed by atoms with Crippen LogP contribution in [0.4, 0.5) is 10.5 Å². The lowest BCUT2D eigenvalue weighted by molar-refractivity contribution is -0.140. The Kier molecular flexibility index (Phi) is 4.18. The van der Waals surface area contributed by atoms with Gasteiger partial charge in [-0.3, -0.25) is 14.4 Å². The Morgan fingerprint density at radius 3 is 2.77 bits per heavy atom. The summed E-state index contributed by atoms with van der Waals surface area (Å²) in [5, 5.41) is 14.3. The van der Waals surface area contributed by atoms with Crippen molar-refractivity contribution in [3.63, 3.8) is 0 Å². The molecule has 0 bridgehead atoms. The minimum Gasteiger partial charge on any atom is -0.480 e. The second-order valence-electron chi connectivity index (χ2n) is 6.64. The molecule has 2 atom stereocenters. The van der Waals surface area contributed by atoms with Gasteiger partial charge in [-0.05, 0) is 25.1 Å². The number of nitrogens with zero attached hydrogens (tertiary/aromatic N) is 3. The summed E-state index contributed by atoms with van der Waals surface area (Å²) in [4.78, 5) is 25.1. The molecule has 1 N–H and O–H groups in total. The summed E-state index contributed by atoms with van der Waals surface area (Å²) < 4.78 is 28.7. The van der Waals surface area contributed by atoms with Crippen LogP contribution in [-0.4, -0.2) is 59.0 Å². The average Bonchev–Trinajstić information content (AvgIpc) is 3.08. The smallest absolute Gasteiger partial charge is 0.414 e. The summed E-state index contributed by atoms with van der Waals surface area (Å²) in [5.74, 6) is -1.47. The van der Waals surface area contributed by atoms with Crippen molar-refractivity contribution in [3.8, 4) is 0 Å². The molecular formula is C16H19N3O6S. The Bertz CT molecular complexity index is 999. The number of fused-ring (bicyclic) bond motifs is 1. The molecule has 2 heterocycles. The highest BCUT2D eigenvalue weighted by atomic mass is 32.2. The Morgan fingerprint density at radius 1 is 1.46 bits per heavy atom. The first-order chi connectivity index (χ1) is 12.0. The van der Waals surface area contributed by atoms with Crippen molar-refractivity contribution in [2.45, 2.75) is 24.2 Å². The number of anilines is 1. The van der Waals surface area contributed by atoms with Crippen molar-refractivity contribution in [1.29, 1.82) is 0 Å². The van der Waals surface area contributed by atoms with Gasteiger partial charge in [0.05, 0.1) is 18.3 Å². The van der Waals surface area contributed by atoms with Gasteiger partial charge < -0.3 is 9.84 Å². The highest BCUT2D eigenvalue weighted by molar-refractivity contribution is 7.92. The lowest BCUT2D eigenvalue weighted by Gasteiger charge is -2.24. The van der Waals surface area contributed by atoms with E-state index in [1.807, 2.05) is 6.07 Å². The van der Waals surface area contributed by atoms with Gasteiger partial charge >= 0.3 is 12.1 Å². The van der Waals surface area contributed by atoms with Gasteiger partial charge in [0.1, 0.15) is 6.10 Å².